The van der Waals surface area contributed by atoms with Gasteiger partial charge in [0.25, 0.3) is 0 Å². The molecule has 2 N–H and O–H groups in total. The number of likely N-dealkylation sites (tertiary alicyclic amines) is 1. The molecule has 25 heavy (non-hydrogen) atoms. The molecule has 0 atom stereocenters. The quantitative estimate of drug-likeness (QED) is 0.823. The molecule has 0 aliphatic carbocycles. The third kappa shape index (κ3) is 6.14. The minimum atomic E-state index is -0.588. The minimum Gasteiger partial charge on any atom is -0.507 e. The molecule has 6 nitrogen and oxygen atoms in total. The van der Waals surface area contributed by atoms with Crippen LogP contribution in [0.25, 0.3) is 6.08 Å². The highest BCUT2D eigenvalue weighted by molar-refractivity contribution is 5.92. The van der Waals surface area contributed by atoms with Gasteiger partial charge in [-0.25, -0.2) is 4.79 Å². The molecule has 1 aliphatic heterocycles. The van der Waals surface area contributed by atoms with Crippen LogP contribution in [-0.2, 0) is 4.79 Å². The summed E-state index contributed by atoms with van der Waals surface area (Å²) in [6.07, 6.45) is 5.69. The maximum absolute atomic E-state index is 12.1. The summed E-state index contributed by atoms with van der Waals surface area (Å²) in [7, 11) is 0. The molecule has 1 aromatic carbocycles. The molecule has 0 spiro atoms. The second-order valence-electron chi connectivity index (χ2n) is 7.20. The number of ether oxygens (including phenoxy) is 1. The number of phenolic OH excluding ortho intramolecular Hbond substituents is 1. The Labute approximate surface area is 148 Å². The average molecular weight is 346 g/mol. The number of hydrogen-bond acceptors (Lipinski definition) is 4. The first kappa shape index (κ1) is 18.8. The molecule has 1 saturated heterocycles. The summed E-state index contributed by atoms with van der Waals surface area (Å²) < 4.78 is 5.14. The molecular formula is C19H26N2O4. The topological polar surface area (TPSA) is 78.9 Å². The smallest absolute Gasteiger partial charge is 0.413 e. The van der Waals surface area contributed by atoms with Crippen molar-refractivity contribution in [3.63, 3.8) is 0 Å². The van der Waals surface area contributed by atoms with Crippen LogP contribution in [0.1, 0.15) is 45.6 Å². The summed E-state index contributed by atoms with van der Waals surface area (Å²) in [5.41, 5.74) is 0.0883. The number of rotatable bonds is 3. The molecular weight excluding hydrogens is 320 g/mol. The number of phenols is 1. The largest absolute Gasteiger partial charge is 0.507 e. The number of nitrogens with one attached hydrogen (secondary N) is 1. The predicted octanol–water partition coefficient (Wildman–Crippen LogP) is 3.30. The summed E-state index contributed by atoms with van der Waals surface area (Å²) in [6, 6.07) is 4.54. The predicted molar refractivity (Wildman–Crippen MR) is 96.5 cm³/mol. The van der Waals surface area contributed by atoms with Crippen molar-refractivity contribution < 1.29 is 19.4 Å². The van der Waals surface area contributed by atoms with Crippen LogP contribution in [0.3, 0.4) is 0 Å². The molecule has 0 radical (unpaired) electrons. The summed E-state index contributed by atoms with van der Waals surface area (Å²) in [5.74, 6) is 0.131. The van der Waals surface area contributed by atoms with E-state index < -0.39 is 11.6 Å². The van der Waals surface area contributed by atoms with E-state index in [1.807, 2.05) is 25.7 Å². The molecule has 1 heterocycles. The molecule has 0 unspecified atom stereocenters. The van der Waals surface area contributed by atoms with E-state index in [4.69, 9.17) is 4.74 Å². The van der Waals surface area contributed by atoms with Gasteiger partial charge in [0, 0.05) is 36.3 Å². The fourth-order valence-corrected chi connectivity index (χ4v) is 2.55. The van der Waals surface area contributed by atoms with Crippen LogP contribution in [0.4, 0.5) is 4.79 Å². The zero-order valence-corrected chi connectivity index (χ0v) is 15.0. The van der Waals surface area contributed by atoms with E-state index in [1.54, 1.807) is 18.2 Å². The van der Waals surface area contributed by atoms with Gasteiger partial charge in [0.15, 0.2) is 0 Å². The lowest BCUT2D eigenvalue weighted by atomic mass is 10.1. The van der Waals surface area contributed by atoms with E-state index >= 15 is 0 Å². The molecule has 0 bridgehead atoms. The first-order chi connectivity index (χ1) is 11.7. The van der Waals surface area contributed by atoms with Crippen LogP contribution in [0.2, 0.25) is 0 Å². The summed E-state index contributed by atoms with van der Waals surface area (Å²) in [4.78, 5) is 25.7. The number of hydrogen-bond donors (Lipinski definition) is 2. The fourth-order valence-electron chi connectivity index (χ4n) is 2.55. The Balaban J connectivity index is 1.98. The van der Waals surface area contributed by atoms with E-state index in [9.17, 15) is 14.7 Å². The molecule has 6 heteroatoms. The molecule has 1 aromatic rings. The highest BCUT2D eigenvalue weighted by Crippen LogP contribution is 2.25. The third-order valence-corrected chi connectivity index (χ3v) is 3.76. The fraction of sp³-hybridized carbons (Fsp3) is 0.474. The second kappa shape index (κ2) is 8.05. The molecule has 0 saturated carbocycles. The van der Waals surface area contributed by atoms with Crippen molar-refractivity contribution in [3.05, 3.63) is 29.8 Å². The highest BCUT2D eigenvalue weighted by Gasteiger charge is 2.16. The Morgan fingerprint density at radius 2 is 1.88 bits per heavy atom. The van der Waals surface area contributed by atoms with E-state index in [-0.39, 0.29) is 17.4 Å². The average Bonchev–Trinajstić information content (AvgIpc) is 2.52. The van der Waals surface area contributed by atoms with E-state index in [1.165, 1.54) is 18.6 Å². The van der Waals surface area contributed by atoms with Gasteiger partial charge in [-0.15, -0.1) is 0 Å². The van der Waals surface area contributed by atoms with Crippen molar-refractivity contribution in [2.75, 3.05) is 13.1 Å². The maximum atomic E-state index is 12.1. The van der Waals surface area contributed by atoms with Gasteiger partial charge >= 0.3 is 6.09 Å². The van der Waals surface area contributed by atoms with Crippen LogP contribution in [0.5, 0.6) is 11.5 Å². The van der Waals surface area contributed by atoms with Gasteiger partial charge in [-0.1, -0.05) is 0 Å². The number of benzene rings is 1. The number of nitrogens with zero attached hydrogens (tertiary/aromatic N) is 1. The zero-order chi connectivity index (χ0) is 18.4. The van der Waals surface area contributed by atoms with Crippen molar-refractivity contribution >= 4 is 18.1 Å². The van der Waals surface area contributed by atoms with Crippen LogP contribution >= 0.6 is 0 Å². The molecule has 2 rings (SSSR count). The zero-order valence-electron chi connectivity index (χ0n) is 15.0. The molecule has 1 aliphatic rings. The van der Waals surface area contributed by atoms with E-state index in [0.29, 0.717) is 5.56 Å². The molecule has 2 amide bonds. The van der Waals surface area contributed by atoms with Crippen LogP contribution in [-0.4, -0.2) is 40.6 Å². The van der Waals surface area contributed by atoms with Crippen molar-refractivity contribution in [3.8, 4) is 11.5 Å². The standard InChI is InChI=1S/C19H26N2O4/c1-19(2,3)20-18(24)25-15-9-7-14(16(22)13-15)8-10-17(23)21-11-5-4-6-12-21/h7-10,13,22H,4-6,11-12H2,1-3H3,(H,20,24)/b10-8+. The van der Waals surface area contributed by atoms with Gasteiger partial charge in [0.2, 0.25) is 5.91 Å². The maximum Gasteiger partial charge on any atom is 0.413 e. The number of carbonyl (C=O) groups is 2. The Bertz CT molecular complexity index is 656. The monoisotopic (exact) mass is 346 g/mol. The first-order valence-electron chi connectivity index (χ1n) is 8.54. The van der Waals surface area contributed by atoms with Crippen LogP contribution in [0, 0.1) is 0 Å². The van der Waals surface area contributed by atoms with Crippen molar-refractivity contribution in [2.45, 2.75) is 45.6 Å². The first-order valence-corrected chi connectivity index (χ1v) is 8.54. The number of aromatic hydroxyl groups is 1. The van der Waals surface area contributed by atoms with Gasteiger partial charge < -0.3 is 20.1 Å². The molecule has 0 aromatic heterocycles. The second-order valence-corrected chi connectivity index (χ2v) is 7.20. The number of piperidine rings is 1. The van der Waals surface area contributed by atoms with Gasteiger partial charge in [0.05, 0.1) is 0 Å². The van der Waals surface area contributed by atoms with Crippen LogP contribution < -0.4 is 10.1 Å². The Kier molecular flexibility index (Phi) is 6.07. The third-order valence-electron chi connectivity index (χ3n) is 3.76. The van der Waals surface area contributed by atoms with Crippen molar-refractivity contribution in [2.24, 2.45) is 0 Å². The SMILES string of the molecule is CC(C)(C)NC(=O)Oc1ccc(/C=C/C(=O)N2CCCCC2)c(O)c1. The van der Waals surface area contributed by atoms with E-state index in [2.05, 4.69) is 5.32 Å². The van der Waals surface area contributed by atoms with Gasteiger partial charge in [-0.05, 0) is 58.2 Å². The van der Waals surface area contributed by atoms with Gasteiger partial charge in [-0.2, -0.15) is 0 Å². The summed E-state index contributed by atoms with van der Waals surface area (Å²) >= 11 is 0. The normalized spacial score (nSPS) is 15.2. The van der Waals surface area contributed by atoms with E-state index in [0.717, 1.165) is 25.9 Å². The lowest BCUT2D eigenvalue weighted by Crippen LogP contribution is -2.42. The van der Waals surface area contributed by atoms with Gasteiger partial charge in [-0.3, -0.25) is 4.79 Å². The molecule has 136 valence electrons. The Hall–Kier alpha value is -2.50. The van der Waals surface area contributed by atoms with Crippen molar-refractivity contribution in [1.29, 1.82) is 0 Å². The number of amides is 2. The Morgan fingerprint density at radius 1 is 1.20 bits per heavy atom. The highest BCUT2D eigenvalue weighted by atomic mass is 16.6. The summed E-state index contributed by atoms with van der Waals surface area (Å²) in [6.45, 7) is 7.10. The Morgan fingerprint density at radius 3 is 2.48 bits per heavy atom. The lowest BCUT2D eigenvalue weighted by Gasteiger charge is -2.25. The van der Waals surface area contributed by atoms with Crippen molar-refractivity contribution in [1.82, 2.24) is 10.2 Å². The number of carbonyl (C=O) groups excluding carboxylic acids is 2. The summed E-state index contributed by atoms with van der Waals surface area (Å²) in [5, 5.41) is 12.7. The van der Waals surface area contributed by atoms with Crippen LogP contribution in [0.15, 0.2) is 24.3 Å². The van der Waals surface area contributed by atoms with Gasteiger partial charge in [0.1, 0.15) is 11.5 Å². The minimum absolute atomic E-state index is 0.0519. The molecule has 1 fully saturated rings. The lowest BCUT2D eigenvalue weighted by molar-refractivity contribution is -0.126.